The van der Waals surface area contributed by atoms with Gasteiger partial charge in [0.25, 0.3) is 0 Å². The van der Waals surface area contributed by atoms with E-state index >= 15 is 0 Å². The van der Waals surface area contributed by atoms with Crippen molar-refractivity contribution in [2.24, 2.45) is 0 Å². The number of aromatic nitrogens is 2. The quantitative estimate of drug-likeness (QED) is 0.883. The lowest BCUT2D eigenvalue weighted by Gasteiger charge is -2.32. The molecule has 1 N–H and O–H groups in total. The average Bonchev–Trinajstić information content (AvgIpc) is 2.90. The maximum atomic E-state index is 12.0. The number of carbonyl (C=O) groups is 1. The molecule has 0 aliphatic carbocycles. The van der Waals surface area contributed by atoms with Gasteiger partial charge in [-0.1, -0.05) is 0 Å². The van der Waals surface area contributed by atoms with Gasteiger partial charge in [-0.25, -0.2) is 0 Å². The van der Waals surface area contributed by atoms with Crippen LogP contribution in [0.3, 0.4) is 0 Å². The second kappa shape index (κ2) is 6.00. The van der Waals surface area contributed by atoms with Gasteiger partial charge < -0.3 is 9.64 Å². The van der Waals surface area contributed by atoms with E-state index < -0.39 is 0 Å². The molecule has 2 heterocycles. The lowest BCUT2D eigenvalue weighted by Crippen LogP contribution is -2.41. The standard InChI is InChI=1S/C13H21N3O2/c1-10(2)18-9-13(17)16-7-3-4-11(8-16)12-5-6-14-15-12/h5-6,10-11H,3-4,7-9H2,1-2H3,(H,14,15). The number of likely N-dealkylation sites (tertiary alicyclic amines) is 1. The van der Waals surface area contributed by atoms with E-state index in [2.05, 4.69) is 10.2 Å². The van der Waals surface area contributed by atoms with Crippen LogP contribution in [0, 0.1) is 0 Å². The summed E-state index contributed by atoms with van der Waals surface area (Å²) < 4.78 is 5.37. The Hall–Kier alpha value is -1.36. The molecule has 0 aromatic carbocycles. The molecule has 1 saturated heterocycles. The van der Waals surface area contributed by atoms with Crippen molar-refractivity contribution >= 4 is 5.91 Å². The summed E-state index contributed by atoms with van der Waals surface area (Å²) in [4.78, 5) is 13.9. The molecule has 1 aliphatic heterocycles. The van der Waals surface area contributed by atoms with Gasteiger partial charge in [0.2, 0.25) is 5.91 Å². The number of hydrogen-bond donors (Lipinski definition) is 1. The first-order valence-corrected chi connectivity index (χ1v) is 6.55. The number of nitrogens with one attached hydrogen (secondary N) is 1. The third kappa shape index (κ3) is 3.32. The topological polar surface area (TPSA) is 58.2 Å². The smallest absolute Gasteiger partial charge is 0.248 e. The lowest BCUT2D eigenvalue weighted by atomic mass is 9.95. The Bertz CT molecular complexity index is 376. The van der Waals surface area contributed by atoms with E-state index in [4.69, 9.17) is 4.74 Å². The van der Waals surface area contributed by atoms with Crippen LogP contribution in [-0.2, 0) is 9.53 Å². The Morgan fingerprint density at radius 1 is 1.67 bits per heavy atom. The number of hydrogen-bond acceptors (Lipinski definition) is 3. The molecule has 1 unspecified atom stereocenters. The van der Waals surface area contributed by atoms with Crippen molar-refractivity contribution in [1.29, 1.82) is 0 Å². The minimum absolute atomic E-state index is 0.0907. The van der Waals surface area contributed by atoms with Crippen LogP contribution in [0.5, 0.6) is 0 Å². The predicted octanol–water partition coefficient (Wildman–Crippen LogP) is 1.54. The first-order chi connectivity index (χ1) is 8.66. The van der Waals surface area contributed by atoms with Crippen molar-refractivity contribution in [3.63, 3.8) is 0 Å². The number of amides is 1. The molecule has 0 radical (unpaired) electrons. The van der Waals surface area contributed by atoms with Gasteiger partial charge in [0.15, 0.2) is 0 Å². The predicted molar refractivity (Wildman–Crippen MR) is 68.2 cm³/mol. The van der Waals surface area contributed by atoms with Gasteiger partial charge in [-0.15, -0.1) is 0 Å². The van der Waals surface area contributed by atoms with Gasteiger partial charge in [-0.05, 0) is 32.8 Å². The zero-order valence-electron chi connectivity index (χ0n) is 11.1. The molecule has 1 aliphatic rings. The zero-order chi connectivity index (χ0) is 13.0. The highest BCUT2D eigenvalue weighted by Gasteiger charge is 2.25. The molecule has 1 aromatic heterocycles. The van der Waals surface area contributed by atoms with E-state index in [1.165, 1.54) is 0 Å². The third-order valence-electron chi connectivity index (χ3n) is 3.28. The molecule has 0 saturated carbocycles. The second-order valence-electron chi connectivity index (χ2n) is 5.05. The highest BCUT2D eigenvalue weighted by atomic mass is 16.5. The summed E-state index contributed by atoms with van der Waals surface area (Å²) in [6.07, 6.45) is 4.01. The van der Waals surface area contributed by atoms with Crippen molar-refractivity contribution in [3.8, 4) is 0 Å². The SMILES string of the molecule is CC(C)OCC(=O)N1CCCC(c2ccn[nH]2)C1. The molecule has 1 atom stereocenters. The van der Waals surface area contributed by atoms with Gasteiger partial charge in [-0.2, -0.15) is 5.10 Å². The van der Waals surface area contributed by atoms with Gasteiger partial charge in [-0.3, -0.25) is 9.89 Å². The van der Waals surface area contributed by atoms with Gasteiger partial charge in [0.1, 0.15) is 6.61 Å². The van der Waals surface area contributed by atoms with Crippen molar-refractivity contribution in [1.82, 2.24) is 15.1 Å². The van der Waals surface area contributed by atoms with E-state index in [1.807, 2.05) is 24.8 Å². The van der Waals surface area contributed by atoms with Crippen molar-refractivity contribution in [2.45, 2.75) is 38.7 Å². The molecule has 5 heteroatoms. The summed E-state index contributed by atoms with van der Waals surface area (Å²) in [6, 6.07) is 1.99. The first kappa shape index (κ1) is 13.1. The Labute approximate surface area is 108 Å². The monoisotopic (exact) mass is 251 g/mol. The Kier molecular flexibility index (Phi) is 4.36. The zero-order valence-corrected chi connectivity index (χ0v) is 11.1. The van der Waals surface area contributed by atoms with Crippen LogP contribution in [0.2, 0.25) is 0 Å². The van der Waals surface area contributed by atoms with Crippen LogP contribution in [0.25, 0.3) is 0 Å². The molecular formula is C13H21N3O2. The van der Waals surface area contributed by atoms with Crippen LogP contribution in [-0.4, -0.2) is 46.8 Å². The largest absolute Gasteiger partial charge is 0.369 e. The molecule has 1 fully saturated rings. The number of nitrogens with zero attached hydrogens (tertiary/aromatic N) is 2. The maximum absolute atomic E-state index is 12.0. The number of aromatic amines is 1. The van der Waals surface area contributed by atoms with Crippen molar-refractivity contribution in [2.75, 3.05) is 19.7 Å². The van der Waals surface area contributed by atoms with E-state index in [0.29, 0.717) is 5.92 Å². The molecular weight excluding hydrogens is 230 g/mol. The maximum Gasteiger partial charge on any atom is 0.248 e. The van der Waals surface area contributed by atoms with E-state index in [-0.39, 0.29) is 18.6 Å². The van der Waals surface area contributed by atoms with Crippen LogP contribution in [0.15, 0.2) is 12.3 Å². The highest BCUT2D eigenvalue weighted by molar-refractivity contribution is 5.77. The molecule has 5 nitrogen and oxygen atoms in total. The minimum Gasteiger partial charge on any atom is -0.369 e. The van der Waals surface area contributed by atoms with E-state index in [0.717, 1.165) is 31.6 Å². The van der Waals surface area contributed by atoms with Gasteiger partial charge in [0, 0.05) is 30.9 Å². The van der Waals surface area contributed by atoms with Crippen LogP contribution < -0.4 is 0 Å². The summed E-state index contributed by atoms with van der Waals surface area (Å²) in [5.74, 6) is 0.470. The van der Waals surface area contributed by atoms with Gasteiger partial charge in [0.05, 0.1) is 6.10 Å². The molecule has 0 bridgehead atoms. The summed E-state index contributed by atoms with van der Waals surface area (Å²) in [6.45, 7) is 5.68. The number of carbonyl (C=O) groups excluding carboxylic acids is 1. The normalized spacial score (nSPS) is 20.4. The summed E-state index contributed by atoms with van der Waals surface area (Å²) in [5, 5.41) is 6.97. The molecule has 0 spiro atoms. The Morgan fingerprint density at radius 2 is 2.50 bits per heavy atom. The molecule has 1 aromatic rings. The summed E-state index contributed by atoms with van der Waals surface area (Å²) in [7, 11) is 0. The van der Waals surface area contributed by atoms with Crippen LogP contribution in [0.1, 0.15) is 38.3 Å². The van der Waals surface area contributed by atoms with E-state index in [9.17, 15) is 4.79 Å². The number of ether oxygens (including phenoxy) is 1. The average molecular weight is 251 g/mol. The molecule has 1 amide bonds. The lowest BCUT2D eigenvalue weighted by molar-refractivity contribution is -0.138. The Balaban J connectivity index is 1.88. The Morgan fingerprint density at radius 3 is 3.17 bits per heavy atom. The number of piperidine rings is 1. The van der Waals surface area contributed by atoms with Crippen molar-refractivity contribution < 1.29 is 9.53 Å². The fourth-order valence-corrected chi connectivity index (χ4v) is 2.28. The van der Waals surface area contributed by atoms with Crippen LogP contribution >= 0.6 is 0 Å². The number of rotatable bonds is 4. The highest BCUT2D eigenvalue weighted by Crippen LogP contribution is 2.25. The molecule has 18 heavy (non-hydrogen) atoms. The fraction of sp³-hybridized carbons (Fsp3) is 0.692. The summed E-state index contributed by atoms with van der Waals surface area (Å²) in [5.41, 5.74) is 1.12. The fourth-order valence-electron chi connectivity index (χ4n) is 2.28. The number of H-pyrrole nitrogens is 1. The first-order valence-electron chi connectivity index (χ1n) is 6.55. The second-order valence-corrected chi connectivity index (χ2v) is 5.05. The minimum atomic E-state index is 0.0907. The molecule has 100 valence electrons. The molecule has 2 rings (SSSR count). The van der Waals surface area contributed by atoms with Crippen molar-refractivity contribution in [3.05, 3.63) is 18.0 Å². The summed E-state index contributed by atoms with van der Waals surface area (Å²) >= 11 is 0. The van der Waals surface area contributed by atoms with Gasteiger partial charge >= 0.3 is 0 Å². The van der Waals surface area contributed by atoms with Crippen LogP contribution in [0.4, 0.5) is 0 Å². The third-order valence-corrected chi connectivity index (χ3v) is 3.28. The van der Waals surface area contributed by atoms with E-state index in [1.54, 1.807) is 6.20 Å².